The van der Waals surface area contributed by atoms with Crippen LogP contribution in [0, 0.1) is 11.8 Å². The van der Waals surface area contributed by atoms with Crippen molar-refractivity contribution in [1.82, 2.24) is 20.4 Å². The Labute approximate surface area is 301 Å². The molecule has 0 aromatic heterocycles. The minimum atomic E-state index is -1.05. The SMILES string of the molecule is COC(=O)CCCNC(=O)C(CC(C)C)N(CCCC(=O)N(CCCC(=O)O)C(CC(C)C)C(=O)NCCCC(=O)O)C(=O)CCCC(=O)OC. The highest BCUT2D eigenvalue weighted by Crippen LogP contribution is 2.19. The maximum absolute atomic E-state index is 13.8. The molecule has 0 aliphatic rings. The maximum atomic E-state index is 13.8. The van der Waals surface area contributed by atoms with Gasteiger partial charge in [0.25, 0.3) is 0 Å². The number of methoxy groups -OCH3 is 2. The molecule has 0 fully saturated rings. The molecule has 0 spiro atoms. The number of nitrogens with one attached hydrogen (secondary N) is 2. The Morgan fingerprint density at radius 1 is 0.529 bits per heavy atom. The van der Waals surface area contributed by atoms with E-state index in [1.54, 1.807) is 0 Å². The molecule has 0 aliphatic heterocycles. The first-order chi connectivity index (χ1) is 24.0. The van der Waals surface area contributed by atoms with Gasteiger partial charge in [-0.2, -0.15) is 0 Å². The summed E-state index contributed by atoms with van der Waals surface area (Å²) < 4.78 is 9.32. The molecule has 4 amide bonds. The number of carboxylic acids is 2. The molecule has 292 valence electrons. The molecule has 0 bridgehead atoms. The van der Waals surface area contributed by atoms with Crippen LogP contribution < -0.4 is 10.6 Å². The summed E-state index contributed by atoms with van der Waals surface area (Å²) in [4.78, 5) is 102. The van der Waals surface area contributed by atoms with Crippen molar-refractivity contribution >= 4 is 47.5 Å². The summed E-state index contributed by atoms with van der Waals surface area (Å²) in [5.74, 6) is -4.69. The topological polar surface area (TPSA) is 226 Å². The Hall–Kier alpha value is -4.24. The zero-order valence-corrected chi connectivity index (χ0v) is 31.2. The fourth-order valence-corrected chi connectivity index (χ4v) is 5.36. The molecule has 16 heteroatoms. The molecule has 2 unspecified atom stereocenters. The van der Waals surface area contributed by atoms with Crippen molar-refractivity contribution < 1.29 is 58.0 Å². The molecule has 2 atom stereocenters. The molecule has 0 aliphatic carbocycles. The van der Waals surface area contributed by atoms with Gasteiger partial charge in [0.2, 0.25) is 23.6 Å². The number of aliphatic carboxylic acids is 2. The van der Waals surface area contributed by atoms with Crippen LogP contribution in [0.1, 0.15) is 111 Å². The van der Waals surface area contributed by atoms with Crippen LogP contribution in [0.3, 0.4) is 0 Å². The molecular formula is C35H60N4O12. The Morgan fingerprint density at radius 2 is 0.882 bits per heavy atom. The summed E-state index contributed by atoms with van der Waals surface area (Å²) in [7, 11) is 2.52. The lowest BCUT2D eigenvalue weighted by Gasteiger charge is -2.34. The minimum Gasteiger partial charge on any atom is -0.481 e. The number of carbonyl (C=O) groups excluding carboxylic acids is 6. The van der Waals surface area contributed by atoms with E-state index in [0.717, 1.165) is 0 Å². The minimum absolute atomic E-state index is 0.00153. The Balaban J connectivity index is 6.15. The number of amides is 4. The van der Waals surface area contributed by atoms with Crippen molar-refractivity contribution in [2.45, 2.75) is 123 Å². The Kier molecular flexibility index (Phi) is 24.3. The first kappa shape index (κ1) is 46.8. The second-order valence-corrected chi connectivity index (χ2v) is 13.3. The zero-order chi connectivity index (χ0) is 38.9. The van der Waals surface area contributed by atoms with Gasteiger partial charge in [0.1, 0.15) is 12.1 Å². The maximum Gasteiger partial charge on any atom is 0.305 e. The van der Waals surface area contributed by atoms with Crippen LogP contribution in [-0.2, 0) is 47.8 Å². The normalized spacial score (nSPS) is 12.1. The van der Waals surface area contributed by atoms with Crippen molar-refractivity contribution in [3.05, 3.63) is 0 Å². The molecular weight excluding hydrogens is 668 g/mol. The third kappa shape index (κ3) is 21.6. The number of nitrogens with zero attached hydrogens (tertiary/aromatic N) is 2. The highest BCUT2D eigenvalue weighted by Gasteiger charge is 2.33. The van der Waals surface area contributed by atoms with Crippen LogP contribution in [0.15, 0.2) is 0 Å². The lowest BCUT2D eigenvalue weighted by atomic mass is 9.99. The molecule has 0 aromatic carbocycles. The first-order valence-corrected chi connectivity index (χ1v) is 17.7. The largest absolute Gasteiger partial charge is 0.481 e. The highest BCUT2D eigenvalue weighted by molar-refractivity contribution is 5.89. The van der Waals surface area contributed by atoms with E-state index in [1.165, 1.54) is 24.0 Å². The third-order valence-electron chi connectivity index (χ3n) is 7.92. The number of hydrogen-bond donors (Lipinski definition) is 4. The lowest BCUT2D eigenvalue weighted by molar-refractivity contribution is -0.144. The van der Waals surface area contributed by atoms with Crippen LogP contribution >= 0.6 is 0 Å². The van der Waals surface area contributed by atoms with Gasteiger partial charge in [-0.25, -0.2) is 0 Å². The van der Waals surface area contributed by atoms with Crippen molar-refractivity contribution in [2.24, 2.45) is 11.8 Å². The van der Waals surface area contributed by atoms with Gasteiger partial charge in [-0.15, -0.1) is 0 Å². The van der Waals surface area contributed by atoms with E-state index in [0.29, 0.717) is 12.8 Å². The Bertz CT molecular complexity index is 1140. The second kappa shape index (κ2) is 26.6. The number of carbonyl (C=O) groups is 8. The fraction of sp³-hybridized carbons (Fsp3) is 0.771. The number of ether oxygens (including phenoxy) is 2. The molecule has 0 rings (SSSR count). The van der Waals surface area contributed by atoms with Gasteiger partial charge in [-0.05, 0) is 56.8 Å². The number of esters is 2. The van der Waals surface area contributed by atoms with Crippen LogP contribution in [0.4, 0.5) is 0 Å². The molecule has 16 nitrogen and oxygen atoms in total. The van der Waals surface area contributed by atoms with Crippen LogP contribution in [0.5, 0.6) is 0 Å². The third-order valence-corrected chi connectivity index (χ3v) is 7.92. The van der Waals surface area contributed by atoms with Gasteiger partial charge in [0, 0.05) is 64.7 Å². The van der Waals surface area contributed by atoms with Crippen molar-refractivity contribution in [1.29, 1.82) is 0 Å². The molecule has 51 heavy (non-hydrogen) atoms. The fourth-order valence-electron chi connectivity index (χ4n) is 5.36. The quantitative estimate of drug-likeness (QED) is 0.0674. The van der Waals surface area contributed by atoms with Crippen LogP contribution in [-0.4, -0.2) is 120 Å². The summed E-state index contributed by atoms with van der Waals surface area (Å²) in [6.07, 6.45) is 1.09. The number of rotatable bonds is 28. The van der Waals surface area contributed by atoms with E-state index >= 15 is 0 Å². The van der Waals surface area contributed by atoms with E-state index in [4.69, 9.17) is 5.11 Å². The summed E-state index contributed by atoms with van der Waals surface area (Å²) in [6, 6.07) is -1.84. The highest BCUT2D eigenvalue weighted by atomic mass is 16.5. The summed E-state index contributed by atoms with van der Waals surface area (Å²) >= 11 is 0. The number of carboxylic acid groups (broad SMARTS) is 2. The van der Waals surface area contributed by atoms with Crippen LogP contribution in [0.2, 0.25) is 0 Å². The second-order valence-electron chi connectivity index (χ2n) is 13.3. The van der Waals surface area contributed by atoms with Gasteiger partial charge >= 0.3 is 23.9 Å². The van der Waals surface area contributed by atoms with E-state index in [9.17, 15) is 43.5 Å². The van der Waals surface area contributed by atoms with Gasteiger partial charge in [-0.1, -0.05) is 27.7 Å². The van der Waals surface area contributed by atoms with Crippen molar-refractivity contribution in [3.63, 3.8) is 0 Å². The van der Waals surface area contributed by atoms with E-state index in [-0.39, 0.29) is 109 Å². The van der Waals surface area contributed by atoms with E-state index < -0.39 is 59.6 Å². The van der Waals surface area contributed by atoms with Crippen molar-refractivity contribution in [3.8, 4) is 0 Å². The molecule has 0 aromatic rings. The molecule has 0 saturated heterocycles. The zero-order valence-electron chi connectivity index (χ0n) is 31.2. The average molecular weight is 729 g/mol. The summed E-state index contributed by atoms with van der Waals surface area (Å²) in [6.45, 7) is 7.82. The smallest absolute Gasteiger partial charge is 0.305 e. The van der Waals surface area contributed by atoms with Gasteiger partial charge in [0.05, 0.1) is 14.2 Å². The summed E-state index contributed by atoms with van der Waals surface area (Å²) in [5.41, 5.74) is 0. The Morgan fingerprint density at radius 3 is 1.27 bits per heavy atom. The predicted molar refractivity (Wildman–Crippen MR) is 186 cm³/mol. The average Bonchev–Trinajstić information content (AvgIpc) is 3.06. The van der Waals surface area contributed by atoms with Crippen molar-refractivity contribution in [2.75, 3.05) is 40.4 Å². The first-order valence-electron chi connectivity index (χ1n) is 17.7. The lowest BCUT2D eigenvalue weighted by Crippen LogP contribution is -2.52. The van der Waals surface area contributed by atoms with Crippen LogP contribution in [0.25, 0.3) is 0 Å². The van der Waals surface area contributed by atoms with E-state index in [2.05, 4.69) is 20.1 Å². The predicted octanol–water partition coefficient (Wildman–Crippen LogP) is 2.51. The van der Waals surface area contributed by atoms with Gasteiger partial charge in [0.15, 0.2) is 0 Å². The molecule has 0 heterocycles. The molecule has 0 radical (unpaired) electrons. The van der Waals surface area contributed by atoms with Gasteiger partial charge < -0.3 is 40.1 Å². The molecule has 4 N–H and O–H groups in total. The summed E-state index contributed by atoms with van der Waals surface area (Å²) in [5, 5.41) is 23.7. The van der Waals surface area contributed by atoms with E-state index in [1.807, 2.05) is 27.7 Å². The standard InChI is InChI=1S/C35H60N4O12/c1-24(2)22-26(35(49)37-19-9-17-33(47)51-6)38(28(40)12-7-16-32(46)50-5)20-10-13-29(41)39(21-11-15-31(44)45)27(23-25(3)4)34(48)36-18-8-14-30(42)43/h24-27H,7-23H2,1-6H3,(H,36,48)(H,37,49)(H,42,43)(H,44,45). The van der Waals surface area contributed by atoms with Gasteiger partial charge in [-0.3, -0.25) is 38.4 Å². The molecule has 0 saturated carbocycles. The monoisotopic (exact) mass is 728 g/mol. The number of hydrogen-bond acceptors (Lipinski definition) is 10.